The van der Waals surface area contributed by atoms with Gasteiger partial charge in [-0.1, -0.05) is 6.07 Å². The highest BCUT2D eigenvalue weighted by atomic mass is 35.5. The van der Waals surface area contributed by atoms with Gasteiger partial charge >= 0.3 is 0 Å². The van der Waals surface area contributed by atoms with Crippen LogP contribution >= 0.6 is 12.4 Å². The molecule has 2 aliphatic rings. The summed E-state index contributed by atoms with van der Waals surface area (Å²) in [6.07, 6.45) is 5.19. The van der Waals surface area contributed by atoms with E-state index in [2.05, 4.69) is 22.8 Å². The maximum Gasteiger partial charge on any atom is 0.233 e. The van der Waals surface area contributed by atoms with Crippen LogP contribution in [0, 0.1) is 5.41 Å². The van der Waals surface area contributed by atoms with Crippen LogP contribution in [0.5, 0.6) is 0 Å². The Morgan fingerprint density at radius 2 is 2.00 bits per heavy atom. The molecule has 4 nitrogen and oxygen atoms in total. The molecule has 0 unspecified atom stereocenters. The number of methoxy groups -OCH3 is 1. The first kappa shape index (κ1) is 17.3. The van der Waals surface area contributed by atoms with E-state index in [0.717, 1.165) is 38.0 Å². The summed E-state index contributed by atoms with van der Waals surface area (Å²) in [5.41, 5.74) is 3.36. The lowest BCUT2D eigenvalue weighted by Crippen LogP contribution is -2.47. The molecule has 1 amide bonds. The van der Waals surface area contributed by atoms with Crippen LogP contribution in [-0.4, -0.2) is 32.7 Å². The van der Waals surface area contributed by atoms with E-state index in [1.54, 1.807) is 7.11 Å². The van der Waals surface area contributed by atoms with Crippen molar-refractivity contribution in [1.29, 1.82) is 0 Å². The summed E-state index contributed by atoms with van der Waals surface area (Å²) < 4.78 is 5.33. The number of hydrogen-bond acceptors (Lipinski definition) is 3. The van der Waals surface area contributed by atoms with Crippen molar-refractivity contribution < 1.29 is 9.53 Å². The minimum absolute atomic E-state index is 0. The number of aryl methyl sites for hydroxylation is 2. The van der Waals surface area contributed by atoms with Gasteiger partial charge in [-0.05, 0) is 68.5 Å². The van der Waals surface area contributed by atoms with Gasteiger partial charge < -0.3 is 15.4 Å². The Labute approximate surface area is 138 Å². The Bertz CT molecular complexity index is 522. The smallest absolute Gasteiger partial charge is 0.233 e. The second-order valence-electron chi connectivity index (χ2n) is 6.25. The molecule has 5 heteroatoms. The van der Waals surface area contributed by atoms with Crippen LogP contribution in [0.4, 0.5) is 5.69 Å². The minimum atomic E-state index is -0.390. The molecule has 22 heavy (non-hydrogen) atoms. The lowest BCUT2D eigenvalue weighted by Gasteiger charge is -2.35. The van der Waals surface area contributed by atoms with Crippen LogP contribution in [0.1, 0.15) is 30.4 Å². The number of anilines is 1. The summed E-state index contributed by atoms with van der Waals surface area (Å²) in [5, 5.41) is 6.44. The number of rotatable bonds is 4. The molecule has 0 atom stereocenters. The number of carbonyl (C=O) groups excluding carboxylic acids is 1. The van der Waals surface area contributed by atoms with Crippen molar-refractivity contribution in [1.82, 2.24) is 5.32 Å². The monoisotopic (exact) mass is 324 g/mol. The van der Waals surface area contributed by atoms with Gasteiger partial charge in [0, 0.05) is 12.8 Å². The number of halogens is 1. The maximum absolute atomic E-state index is 12.8. The molecule has 1 aromatic carbocycles. The maximum atomic E-state index is 12.8. The van der Waals surface area contributed by atoms with Gasteiger partial charge in [0.15, 0.2) is 0 Å². The fraction of sp³-hybridized carbons (Fsp3) is 0.588. The number of ether oxygens (including phenoxy) is 1. The number of amides is 1. The van der Waals surface area contributed by atoms with E-state index in [-0.39, 0.29) is 23.7 Å². The minimum Gasteiger partial charge on any atom is -0.384 e. The molecule has 0 radical (unpaired) electrons. The predicted octanol–water partition coefficient (Wildman–Crippen LogP) is 2.55. The number of benzene rings is 1. The Balaban J connectivity index is 0.00000176. The molecule has 1 saturated heterocycles. The van der Waals surface area contributed by atoms with Crippen LogP contribution in [0.15, 0.2) is 18.2 Å². The van der Waals surface area contributed by atoms with Crippen LogP contribution in [-0.2, 0) is 22.4 Å². The van der Waals surface area contributed by atoms with Gasteiger partial charge in [0.2, 0.25) is 5.91 Å². The summed E-state index contributed by atoms with van der Waals surface area (Å²) in [6, 6.07) is 6.33. The molecule has 122 valence electrons. The first-order chi connectivity index (χ1) is 10.2. The summed E-state index contributed by atoms with van der Waals surface area (Å²) in [6.45, 7) is 2.24. The summed E-state index contributed by atoms with van der Waals surface area (Å²) in [4.78, 5) is 12.8. The topological polar surface area (TPSA) is 50.4 Å². The molecule has 1 aromatic rings. The Morgan fingerprint density at radius 1 is 1.27 bits per heavy atom. The zero-order chi connectivity index (χ0) is 14.7. The average molecular weight is 325 g/mol. The number of nitrogens with one attached hydrogen (secondary N) is 2. The standard InChI is InChI=1S/C17H24N2O2.ClH/c1-21-12-17(7-9-18-10-8-17)16(20)19-15-6-5-13-3-2-4-14(13)11-15;/h5-6,11,18H,2-4,7-10,12H2,1H3,(H,19,20);1H. The van der Waals surface area contributed by atoms with Crippen molar-refractivity contribution in [2.75, 3.05) is 32.1 Å². The number of hydrogen-bond donors (Lipinski definition) is 2. The number of carbonyl (C=O) groups is 1. The van der Waals surface area contributed by atoms with Gasteiger partial charge in [-0.25, -0.2) is 0 Å². The predicted molar refractivity (Wildman–Crippen MR) is 90.8 cm³/mol. The first-order valence-electron chi connectivity index (χ1n) is 7.86. The molecule has 0 bridgehead atoms. The van der Waals surface area contributed by atoms with E-state index in [1.165, 1.54) is 24.0 Å². The first-order valence-corrected chi connectivity index (χ1v) is 7.86. The van der Waals surface area contributed by atoms with Crippen molar-refractivity contribution in [3.05, 3.63) is 29.3 Å². The molecular weight excluding hydrogens is 300 g/mol. The van der Waals surface area contributed by atoms with E-state index < -0.39 is 0 Å². The second kappa shape index (κ2) is 7.44. The van der Waals surface area contributed by atoms with E-state index in [9.17, 15) is 4.79 Å². The zero-order valence-electron chi connectivity index (χ0n) is 13.1. The second-order valence-corrected chi connectivity index (χ2v) is 6.25. The molecule has 3 rings (SSSR count). The van der Waals surface area contributed by atoms with Crippen molar-refractivity contribution in [2.45, 2.75) is 32.1 Å². The summed E-state index contributed by atoms with van der Waals surface area (Å²) >= 11 is 0. The largest absolute Gasteiger partial charge is 0.384 e. The van der Waals surface area contributed by atoms with Crippen molar-refractivity contribution in [2.24, 2.45) is 5.41 Å². The van der Waals surface area contributed by atoms with Gasteiger partial charge in [-0.15, -0.1) is 12.4 Å². The van der Waals surface area contributed by atoms with Crippen LogP contribution in [0.25, 0.3) is 0 Å². The SMILES string of the molecule is COCC1(C(=O)Nc2ccc3c(c2)CCC3)CCNCC1.Cl. The third-order valence-electron chi connectivity index (χ3n) is 4.82. The van der Waals surface area contributed by atoms with E-state index in [0.29, 0.717) is 6.61 Å². The molecular formula is C17H25ClN2O2. The van der Waals surface area contributed by atoms with Gasteiger partial charge in [0.05, 0.1) is 12.0 Å². The fourth-order valence-electron chi connectivity index (χ4n) is 3.53. The van der Waals surface area contributed by atoms with Crippen LogP contribution in [0.2, 0.25) is 0 Å². The highest BCUT2D eigenvalue weighted by Crippen LogP contribution is 2.32. The zero-order valence-corrected chi connectivity index (χ0v) is 13.9. The van der Waals surface area contributed by atoms with Gasteiger partial charge in [-0.2, -0.15) is 0 Å². The summed E-state index contributed by atoms with van der Waals surface area (Å²) in [7, 11) is 1.67. The molecule has 1 fully saturated rings. The van der Waals surface area contributed by atoms with Crippen LogP contribution < -0.4 is 10.6 Å². The Morgan fingerprint density at radius 3 is 2.73 bits per heavy atom. The normalized spacial score (nSPS) is 19.1. The number of fused-ring (bicyclic) bond motifs is 1. The molecule has 1 aliphatic carbocycles. The highest BCUT2D eigenvalue weighted by Gasteiger charge is 2.39. The molecule has 1 aliphatic heterocycles. The van der Waals surface area contributed by atoms with Crippen molar-refractivity contribution in [3.63, 3.8) is 0 Å². The quantitative estimate of drug-likeness (QED) is 0.895. The highest BCUT2D eigenvalue weighted by molar-refractivity contribution is 5.95. The lowest BCUT2D eigenvalue weighted by atomic mass is 9.78. The third kappa shape index (κ3) is 3.45. The third-order valence-corrected chi connectivity index (χ3v) is 4.82. The van der Waals surface area contributed by atoms with Gasteiger partial charge in [-0.3, -0.25) is 4.79 Å². The van der Waals surface area contributed by atoms with E-state index in [4.69, 9.17) is 4.74 Å². The summed E-state index contributed by atoms with van der Waals surface area (Å²) in [5.74, 6) is 0.101. The van der Waals surface area contributed by atoms with Crippen LogP contribution in [0.3, 0.4) is 0 Å². The lowest BCUT2D eigenvalue weighted by molar-refractivity contribution is -0.130. The van der Waals surface area contributed by atoms with E-state index in [1.807, 2.05) is 6.07 Å². The number of piperidine rings is 1. The van der Waals surface area contributed by atoms with Crippen molar-refractivity contribution in [3.8, 4) is 0 Å². The van der Waals surface area contributed by atoms with Gasteiger partial charge in [0.1, 0.15) is 0 Å². The Kier molecular flexibility index (Phi) is 5.84. The molecule has 2 N–H and O–H groups in total. The molecule has 0 saturated carbocycles. The van der Waals surface area contributed by atoms with Gasteiger partial charge in [0.25, 0.3) is 0 Å². The molecule has 1 heterocycles. The molecule has 0 spiro atoms. The van der Waals surface area contributed by atoms with E-state index >= 15 is 0 Å². The van der Waals surface area contributed by atoms with Crippen molar-refractivity contribution >= 4 is 24.0 Å². The Hall–Kier alpha value is -1.10. The fourth-order valence-corrected chi connectivity index (χ4v) is 3.53. The average Bonchev–Trinajstić information content (AvgIpc) is 2.96. The molecule has 0 aromatic heterocycles.